The molecule has 68 heavy (non-hydrogen) atoms. The topological polar surface area (TPSA) is 180 Å². The minimum atomic E-state index is -1.02. The van der Waals surface area contributed by atoms with Crippen LogP contribution < -0.4 is 20.7 Å². The van der Waals surface area contributed by atoms with Gasteiger partial charge in [0.1, 0.15) is 23.7 Å². The van der Waals surface area contributed by atoms with Gasteiger partial charge in [-0.1, -0.05) is 13.0 Å². The zero-order valence-corrected chi connectivity index (χ0v) is 38.6. The third-order valence-corrected chi connectivity index (χ3v) is 14.8. The first-order valence-corrected chi connectivity index (χ1v) is 24.3. The van der Waals surface area contributed by atoms with Gasteiger partial charge < -0.3 is 29.9 Å². The number of fused-ring (bicyclic) bond motifs is 2. The van der Waals surface area contributed by atoms with Crippen molar-refractivity contribution in [2.75, 3.05) is 63.1 Å². The van der Waals surface area contributed by atoms with Crippen molar-refractivity contribution in [2.45, 2.75) is 89.2 Å². The molecule has 3 aromatic carbocycles. The van der Waals surface area contributed by atoms with Crippen molar-refractivity contribution in [1.82, 2.24) is 25.0 Å². The van der Waals surface area contributed by atoms with Crippen molar-refractivity contribution in [3.8, 4) is 5.75 Å². The summed E-state index contributed by atoms with van der Waals surface area (Å²) in [6, 6.07) is 18.3. The minimum Gasteiger partial charge on any atom is -0.490 e. The molecule has 5 aliphatic rings. The summed E-state index contributed by atoms with van der Waals surface area (Å²) in [5, 5.41) is 9.41. The third kappa shape index (κ3) is 10.4. The largest absolute Gasteiger partial charge is 0.490 e. The Balaban J connectivity index is 0.637. The first kappa shape index (κ1) is 46.8. The van der Waals surface area contributed by atoms with Crippen LogP contribution in [0.3, 0.4) is 0 Å². The number of carbonyl (C=O) groups excluding carboxylic acids is 6. The van der Waals surface area contributed by atoms with Crippen LogP contribution in [-0.2, 0) is 23.9 Å². The Kier molecular flexibility index (Phi) is 14.4. The first-order valence-electron chi connectivity index (χ1n) is 24.3. The van der Waals surface area contributed by atoms with E-state index < -0.39 is 29.7 Å². The molecule has 2 atom stereocenters. The van der Waals surface area contributed by atoms with E-state index >= 15 is 0 Å². The van der Waals surface area contributed by atoms with E-state index in [-0.39, 0.29) is 65.5 Å². The number of carbonyl (C=O) groups is 6. The number of piperidine rings is 3. The number of hydrogen-bond donors (Lipinski definition) is 3. The van der Waals surface area contributed by atoms with Gasteiger partial charge in [-0.05, 0) is 136 Å². The van der Waals surface area contributed by atoms with E-state index in [1.54, 1.807) is 36.5 Å². The van der Waals surface area contributed by atoms with Crippen molar-refractivity contribution in [1.29, 1.82) is 0 Å². The van der Waals surface area contributed by atoms with Gasteiger partial charge in [0, 0.05) is 80.2 Å². The number of amides is 6. The highest BCUT2D eigenvalue weighted by atomic mass is 19.1. The maximum atomic E-state index is 14.1. The maximum Gasteiger partial charge on any atom is 0.264 e. The zero-order valence-electron chi connectivity index (χ0n) is 38.6. The fourth-order valence-corrected chi connectivity index (χ4v) is 10.8. The lowest BCUT2D eigenvalue weighted by Crippen LogP contribution is -2.54. The second kappa shape index (κ2) is 20.9. The number of benzene rings is 3. The molecule has 4 aliphatic heterocycles. The van der Waals surface area contributed by atoms with Crippen LogP contribution in [0.4, 0.5) is 15.8 Å². The Hall–Kier alpha value is -6.26. The van der Waals surface area contributed by atoms with Crippen LogP contribution in [0.25, 0.3) is 10.9 Å². The average molecular weight is 930 g/mol. The summed E-state index contributed by atoms with van der Waals surface area (Å²) in [4.78, 5) is 87.0. The molecule has 358 valence electrons. The first-order chi connectivity index (χ1) is 33.0. The van der Waals surface area contributed by atoms with E-state index in [4.69, 9.17) is 9.47 Å². The fourth-order valence-electron chi connectivity index (χ4n) is 10.8. The van der Waals surface area contributed by atoms with Gasteiger partial charge in [0.2, 0.25) is 23.6 Å². The van der Waals surface area contributed by atoms with Gasteiger partial charge in [0.15, 0.2) is 0 Å². The van der Waals surface area contributed by atoms with Crippen molar-refractivity contribution >= 4 is 57.7 Å². The number of aromatic nitrogens is 1. The molecule has 4 aromatic rings. The van der Waals surface area contributed by atoms with E-state index in [1.807, 2.05) is 42.2 Å². The van der Waals surface area contributed by atoms with Crippen molar-refractivity contribution in [2.24, 2.45) is 17.8 Å². The number of hydrogen-bond acceptors (Lipinski definition) is 11. The molecule has 1 unspecified atom stereocenters. The van der Waals surface area contributed by atoms with E-state index in [9.17, 15) is 33.2 Å². The number of rotatable bonds is 15. The summed E-state index contributed by atoms with van der Waals surface area (Å²) in [7, 11) is 0. The number of pyridine rings is 1. The molecule has 0 spiro atoms. The Labute approximate surface area is 395 Å². The van der Waals surface area contributed by atoms with E-state index in [2.05, 4.69) is 25.8 Å². The summed E-state index contributed by atoms with van der Waals surface area (Å²) in [5.41, 5.74) is 3.62. The predicted octanol–water partition coefficient (Wildman–Crippen LogP) is 6.53. The Morgan fingerprint density at radius 3 is 2.37 bits per heavy atom. The summed E-state index contributed by atoms with van der Waals surface area (Å²) in [6.07, 6.45) is 8.85. The van der Waals surface area contributed by atoms with Gasteiger partial charge in [-0.2, -0.15) is 0 Å². The fraction of sp³-hybridized carbons (Fsp3) is 0.481. The molecule has 4 fully saturated rings. The molecule has 1 aromatic heterocycles. The Bertz CT molecular complexity index is 2530. The van der Waals surface area contributed by atoms with Crippen LogP contribution in [0.2, 0.25) is 0 Å². The van der Waals surface area contributed by atoms with Crippen LogP contribution in [-0.4, -0.2) is 120 Å². The standard InChI is InChI=1S/C52H60FN7O8/c1-32(33-5-7-34(8-6-33)40-17-22-54-43-14-9-36(53)31-42(40)43)48(62)56-37-10-12-38(13-11-37)68-39-20-26-59(27-21-39)50(64)35-18-24-58(25-19-35)28-30-67-29-23-55-44-4-2-3-41-47(44)52(66)60(51(41)65)45-15-16-46(61)57-49(45)63/h2-4,9-14,17,22,31-35,39,45,55H,5-8,15-16,18-21,23-30H2,1H3,(H,56,62)(H,57,61,63)/t32-,33?,34?,45?/m1/s1. The zero-order chi connectivity index (χ0) is 47.3. The van der Waals surface area contributed by atoms with E-state index in [1.165, 1.54) is 6.07 Å². The molecule has 3 saturated heterocycles. The quantitative estimate of drug-likeness (QED) is 0.0872. The lowest BCUT2D eigenvalue weighted by molar-refractivity contribution is -0.139. The van der Waals surface area contributed by atoms with Gasteiger partial charge in [0.05, 0.1) is 29.9 Å². The van der Waals surface area contributed by atoms with Crippen LogP contribution >= 0.6 is 0 Å². The number of nitrogens with one attached hydrogen (secondary N) is 3. The van der Waals surface area contributed by atoms with Gasteiger partial charge in [0.25, 0.3) is 11.8 Å². The lowest BCUT2D eigenvalue weighted by Gasteiger charge is -2.37. The van der Waals surface area contributed by atoms with E-state index in [0.717, 1.165) is 104 Å². The molecule has 6 amide bonds. The highest BCUT2D eigenvalue weighted by Gasteiger charge is 2.45. The molecule has 15 nitrogen and oxygen atoms in total. The molecule has 3 N–H and O–H groups in total. The average Bonchev–Trinajstić information content (AvgIpc) is 3.61. The molecule has 5 heterocycles. The molecular formula is C52H60FN7O8. The maximum absolute atomic E-state index is 14.1. The van der Waals surface area contributed by atoms with Crippen LogP contribution in [0.1, 0.15) is 103 Å². The highest BCUT2D eigenvalue weighted by molar-refractivity contribution is 6.25. The molecule has 1 aliphatic carbocycles. The van der Waals surface area contributed by atoms with Gasteiger partial charge in [-0.3, -0.25) is 44.0 Å². The number of nitrogens with zero attached hydrogens (tertiary/aromatic N) is 4. The normalized spacial score (nSPS) is 22.2. The Morgan fingerprint density at radius 2 is 1.62 bits per heavy atom. The number of anilines is 2. The number of halogens is 1. The van der Waals surface area contributed by atoms with Gasteiger partial charge in [-0.15, -0.1) is 0 Å². The van der Waals surface area contributed by atoms with Crippen LogP contribution in [0.5, 0.6) is 5.75 Å². The monoisotopic (exact) mass is 929 g/mol. The molecule has 0 bridgehead atoms. The van der Waals surface area contributed by atoms with Crippen molar-refractivity contribution in [3.63, 3.8) is 0 Å². The molecule has 9 rings (SSSR count). The van der Waals surface area contributed by atoms with E-state index in [0.29, 0.717) is 44.5 Å². The van der Waals surface area contributed by atoms with Gasteiger partial charge >= 0.3 is 0 Å². The minimum absolute atomic E-state index is 0.00221. The summed E-state index contributed by atoms with van der Waals surface area (Å²) >= 11 is 0. The summed E-state index contributed by atoms with van der Waals surface area (Å²) in [6.45, 7) is 7.00. The lowest BCUT2D eigenvalue weighted by atomic mass is 9.73. The smallest absolute Gasteiger partial charge is 0.264 e. The Morgan fingerprint density at radius 1 is 0.853 bits per heavy atom. The predicted molar refractivity (Wildman–Crippen MR) is 252 cm³/mol. The highest BCUT2D eigenvalue weighted by Crippen LogP contribution is 2.41. The third-order valence-electron chi connectivity index (χ3n) is 14.8. The second-order valence-electron chi connectivity index (χ2n) is 18.9. The van der Waals surface area contributed by atoms with Crippen LogP contribution in [0.15, 0.2) is 72.9 Å². The van der Waals surface area contributed by atoms with Gasteiger partial charge in [-0.25, -0.2) is 4.39 Å². The van der Waals surface area contributed by atoms with Crippen molar-refractivity contribution < 1.29 is 42.6 Å². The molecule has 1 saturated carbocycles. The SMILES string of the molecule is C[C@@H](C(=O)Nc1ccc(OC2CCN(C(=O)C3CCN(CCOCCNc4cccc5c4C(=O)N(C4CCC(=O)NC4=O)C5=O)CC3)CC2)cc1)C1CCC(c2ccnc3ccc(F)cc23)CC1. The number of likely N-dealkylation sites (tertiary alicyclic amines) is 2. The van der Waals surface area contributed by atoms with Crippen LogP contribution in [0, 0.1) is 23.6 Å². The summed E-state index contributed by atoms with van der Waals surface area (Å²) in [5.74, 6) is -0.978. The second-order valence-corrected chi connectivity index (χ2v) is 18.9. The molecule has 0 radical (unpaired) electrons. The number of ether oxygens (including phenoxy) is 2. The molecule has 16 heteroatoms. The number of imide groups is 2. The van der Waals surface area contributed by atoms with Crippen molar-refractivity contribution in [3.05, 3.63) is 95.4 Å². The molecular weight excluding hydrogens is 870 g/mol. The summed E-state index contributed by atoms with van der Waals surface area (Å²) < 4.78 is 26.3.